The number of halogens is 1. The Balaban J connectivity index is 1.77. The van der Waals surface area contributed by atoms with E-state index in [2.05, 4.69) is 5.16 Å². The van der Waals surface area contributed by atoms with Gasteiger partial charge >= 0.3 is 5.97 Å². The molecule has 2 rings (SSSR count). The molecule has 24 heavy (non-hydrogen) atoms. The first-order valence-corrected chi connectivity index (χ1v) is 7.40. The van der Waals surface area contributed by atoms with E-state index in [1.54, 1.807) is 43.3 Å². The molecule has 0 radical (unpaired) electrons. The molecule has 5 nitrogen and oxygen atoms in total. The summed E-state index contributed by atoms with van der Waals surface area (Å²) in [4.78, 5) is 15.9. The number of carboxylic acids is 1. The Morgan fingerprint density at radius 2 is 1.92 bits per heavy atom. The van der Waals surface area contributed by atoms with Crippen molar-refractivity contribution in [3.63, 3.8) is 0 Å². The average Bonchev–Trinajstić information content (AvgIpc) is 2.55. The standard InChI is InChI=1S/C18H18FNO4/c1-13(15-5-7-16(19)8-6-15)20-24-10-9-23-17-4-2-3-14(11-17)12-18(21)22/h2-8,11H,9-10,12H2,1H3,(H,21,22)/b20-13+. The van der Waals surface area contributed by atoms with Gasteiger partial charge in [0.2, 0.25) is 0 Å². The lowest BCUT2D eigenvalue weighted by atomic mass is 10.1. The maximum absolute atomic E-state index is 12.8. The zero-order chi connectivity index (χ0) is 17.4. The van der Waals surface area contributed by atoms with Crippen LogP contribution in [0.3, 0.4) is 0 Å². The summed E-state index contributed by atoms with van der Waals surface area (Å²) < 4.78 is 18.3. The number of carboxylic acid groups (broad SMARTS) is 1. The van der Waals surface area contributed by atoms with Crippen molar-refractivity contribution in [3.8, 4) is 5.75 Å². The van der Waals surface area contributed by atoms with E-state index in [0.717, 1.165) is 5.56 Å². The van der Waals surface area contributed by atoms with Crippen molar-refractivity contribution in [3.05, 3.63) is 65.5 Å². The SMILES string of the molecule is C/C(=N\OCCOc1cccc(CC(=O)O)c1)c1ccc(F)cc1. The molecule has 0 unspecified atom stereocenters. The lowest BCUT2D eigenvalue weighted by molar-refractivity contribution is -0.136. The van der Waals surface area contributed by atoms with E-state index in [1.807, 2.05) is 0 Å². The molecule has 0 heterocycles. The van der Waals surface area contributed by atoms with E-state index in [0.29, 0.717) is 17.0 Å². The molecule has 0 fully saturated rings. The Labute approximate surface area is 139 Å². The molecule has 0 aliphatic carbocycles. The number of carbonyl (C=O) groups is 1. The molecule has 0 spiro atoms. The second kappa shape index (κ2) is 8.67. The minimum absolute atomic E-state index is 0.0468. The third-order valence-electron chi connectivity index (χ3n) is 3.16. The van der Waals surface area contributed by atoms with Gasteiger partial charge in [-0.15, -0.1) is 0 Å². The number of nitrogens with zero attached hydrogens (tertiary/aromatic N) is 1. The Bertz CT molecular complexity index is 713. The first kappa shape index (κ1) is 17.5. The summed E-state index contributed by atoms with van der Waals surface area (Å²) in [6.45, 7) is 2.28. The first-order valence-electron chi connectivity index (χ1n) is 7.40. The maximum Gasteiger partial charge on any atom is 0.307 e. The van der Waals surface area contributed by atoms with Crippen molar-refractivity contribution in [1.82, 2.24) is 0 Å². The van der Waals surface area contributed by atoms with E-state index in [1.165, 1.54) is 12.1 Å². The zero-order valence-electron chi connectivity index (χ0n) is 13.2. The third kappa shape index (κ3) is 5.72. The van der Waals surface area contributed by atoms with Crippen LogP contribution in [0, 0.1) is 5.82 Å². The summed E-state index contributed by atoms with van der Waals surface area (Å²) in [6, 6.07) is 12.9. The monoisotopic (exact) mass is 331 g/mol. The van der Waals surface area contributed by atoms with E-state index < -0.39 is 5.97 Å². The topological polar surface area (TPSA) is 68.1 Å². The van der Waals surface area contributed by atoms with Gasteiger partial charge in [-0.3, -0.25) is 4.79 Å². The van der Waals surface area contributed by atoms with Gasteiger partial charge in [-0.1, -0.05) is 29.4 Å². The highest BCUT2D eigenvalue weighted by Crippen LogP contribution is 2.13. The highest BCUT2D eigenvalue weighted by atomic mass is 19.1. The number of hydrogen-bond acceptors (Lipinski definition) is 4. The quantitative estimate of drug-likeness (QED) is 0.458. The van der Waals surface area contributed by atoms with Crippen LogP contribution >= 0.6 is 0 Å². The normalized spacial score (nSPS) is 11.2. The molecule has 0 aliphatic rings. The van der Waals surface area contributed by atoms with Crippen LogP contribution in [0.1, 0.15) is 18.1 Å². The first-order chi connectivity index (χ1) is 11.5. The second-order valence-electron chi connectivity index (χ2n) is 5.08. The van der Waals surface area contributed by atoms with Gasteiger partial charge in [0.25, 0.3) is 0 Å². The maximum atomic E-state index is 12.8. The van der Waals surface area contributed by atoms with Gasteiger partial charge in [-0.25, -0.2) is 4.39 Å². The molecule has 0 saturated carbocycles. The van der Waals surface area contributed by atoms with Gasteiger partial charge in [0.1, 0.15) is 18.2 Å². The van der Waals surface area contributed by atoms with Gasteiger partial charge in [-0.05, 0) is 42.3 Å². The molecule has 0 saturated heterocycles. The summed E-state index contributed by atoms with van der Waals surface area (Å²) in [6.07, 6.45) is -0.0468. The van der Waals surface area contributed by atoms with Crippen LogP contribution in [0.2, 0.25) is 0 Å². The molecule has 126 valence electrons. The van der Waals surface area contributed by atoms with Crippen molar-refractivity contribution < 1.29 is 23.9 Å². The van der Waals surface area contributed by atoms with Crippen LogP contribution < -0.4 is 4.74 Å². The highest BCUT2D eigenvalue weighted by molar-refractivity contribution is 5.98. The van der Waals surface area contributed by atoms with E-state index in [9.17, 15) is 9.18 Å². The summed E-state index contributed by atoms with van der Waals surface area (Å²) >= 11 is 0. The molecule has 2 aromatic rings. The molecule has 0 aromatic heterocycles. The predicted molar refractivity (Wildman–Crippen MR) is 87.8 cm³/mol. The van der Waals surface area contributed by atoms with Gasteiger partial charge in [-0.2, -0.15) is 0 Å². The van der Waals surface area contributed by atoms with Crippen molar-refractivity contribution in [2.75, 3.05) is 13.2 Å². The van der Waals surface area contributed by atoms with Gasteiger partial charge in [0.05, 0.1) is 12.1 Å². The Kier molecular flexibility index (Phi) is 6.31. The van der Waals surface area contributed by atoms with Crippen LogP contribution in [0.15, 0.2) is 53.7 Å². The van der Waals surface area contributed by atoms with Crippen LogP contribution in [-0.2, 0) is 16.1 Å². The Morgan fingerprint density at radius 3 is 2.62 bits per heavy atom. The van der Waals surface area contributed by atoms with Crippen LogP contribution in [0.25, 0.3) is 0 Å². The predicted octanol–water partition coefficient (Wildman–Crippen LogP) is 3.27. The average molecular weight is 331 g/mol. The van der Waals surface area contributed by atoms with Crippen molar-refractivity contribution in [2.24, 2.45) is 5.16 Å². The molecule has 1 N–H and O–H groups in total. The number of hydrogen-bond donors (Lipinski definition) is 1. The number of benzene rings is 2. The van der Waals surface area contributed by atoms with Crippen LogP contribution in [-0.4, -0.2) is 30.0 Å². The van der Waals surface area contributed by atoms with E-state index >= 15 is 0 Å². The van der Waals surface area contributed by atoms with Crippen molar-refractivity contribution >= 4 is 11.7 Å². The fourth-order valence-electron chi connectivity index (χ4n) is 2.00. The second-order valence-corrected chi connectivity index (χ2v) is 5.08. The smallest absolute Gasteiger partial charge is 0.307 e. The highest BCUT2D eigenvalue weighted by Gasteiger charge is 2.02. The number of ether oxygens (including phenoxy) is 1. The van der Waals surface area contributed by atoms with Crippen LogP contribution in [0.5, 0.6) is 5.75 Å². The number of aliphatic carboxylic acids is 1. The zero-order valence-corrected chi connectivity index (χ0v) is 13.2. The summed E-state index contributed by atoms with van der Waals surface area (Å²) in [5, 5.41) is 12.7. The van der Waals surface area contributed by atoms with Crippen LogP contribution in [0.4, 0.5) is 4.39 Å². The van der Waals surface area contributed by atoms with E-state index in [-0.39, 0.29) is 25.5 Å². The molecule has 6 heteroatoms. The fourth-order valence-corrected chi connectivity index (χ4v) is 2.00. The summed E-state index contributed by atoms with van der Waals surface area (Å²) in [5.41, 5.74) is 2.09. The van der Waals surface area contributed by atoms with Gasteiger partial charge in [0.15, 0.2) is 6.61 Å². The van der Waals surface area contributed by atoms with Gasteiger partial charge in [0, 0.05) is 0 Å². The molecular weight excluding hydrogens is 313 g/mol. The third-order valence-corrected chi connectivity index (χ3v) is 3.16. The minimum atomic E-state index is -0.888. The molecule has 0 atom stereocenters. The summed E-state index contributed by atoms with van der Waals surface area (Å²) in [5.74, 6) is -0.608. The minimum Gasteiger partial charge on any atom is -0.490 e. The summed E-state index contributed by atoms with van der Waals surface area (Å²) in [7, 11) is 0. The molecule has 0 amide bonds. The van der Waals surface area contributed by atoms with Gasteiger partial charge < -0.3 is 14.7 Å². The number of oxime groups is 1. The molecule has 0 bridgehead atoms. The largest absolute Gasteiger partial charge is 0.490 e. The Morgan fingerprint density at radius 1 is 1.17 bits per heavy atom. The molecule has 2 aromatic carbocycles. The molecular formula is C18H18FNO4. The fraction of sp³-hybridized carbons (Fsp3) is 0.222. The van der Waals surface area contributed by atoms with Crippen molar-refractivity contribution in [2.45, 2.75) is 13.3 Å². The van der Waals surface area contributed by atoms with E-state index in [4.69, 9.17) is 14.7 Å². The molecule has 0 aliphatic heterocycles. The lowest BCUT2D eigenvalue weighted by Crippen LogP contribution is -2.06. The lowest BCUT2D eigenvalue weighted by Gasteiger charge is -2.07. The number of rotatable bonds is 8. The van der Waals surface area contributed by atoms with Crippen molar-refractivity contribution in [1.29, 1.82) is 0 Å². The Hall–Kier alpha value is -2.89.